The number of aliphatic hydroxyl groups excluding tert-OH is 1. The molecule has 4 atom stereocenters. The Morgan fingerprint density at radius 2 is 2.21 bits per heavy atom. The molecule has 0 spiro atoms. The van der Waals surface area contributed by atoms with E-state index in [1.807, 2.05) is 0 Å². The minimum atomic E-state index is -4.67. The van der Waals surface area contributed by atoms with Gasteiger partial charge in [-0.1, -0.05) is 0 Å². The van der Waals surface area contributed by atoms with Gasteiger partial charge in [-0.25, -0.2) is 19.5 Å². The van der Waals surface area contributed by atoms with Crippen LogP contribution in [0.15, 0.2) is 6.33 Å². The normalized spacial score (nSPS) is 27.9. The Morgan fingerprint density at radius 3 is 2.88 bits per heavy atom. The van der Waals surface area contributed by atoms with Crippen molar-refractivity contribution in [3.63, 3.8) is 0 Å². The topological polar surface area (TPSA) is 166 Å². The minimum Gasteiger partial charge on any atom is -0.389 e. The highest BCUT2D eigenvalue weighted by atomic mass is 32.1. The van der Waals surface area contributed by atoms with Crippen LogP contribution in [0.5, 0.6) is 0 Å². The fraction of sp³-hybridized carbons (Fsp3) is 0.545. The maximum atomic E-state index is 10.8. The van der Waals surface area contributed by atoms with Gasteiger partial charge in [0.15, 0.2) is 23.2 Å². The number of nitrogens with two attached hydrogens (primary N) is 1. The first-order valence-corrected chi connectivity index (χ1v) is 8.90. The van der Waals surface area contributed by atoms with Gasteiger partial charge < -0.3 is 25.4 Å². The summed E-state index contributed by atoms with van der Waals surface area (Å²) in [4.78, 5) is 29.9. The summed E-state index contributed by atoms with van der Waals surface area (Å²) in [5, 5.41) is 9.52. The molecule has 1 aliphatic rings. The maximum Gasteiger partial charge on any atom is 0.469 e. The van der Waals surface area contributed by atoms with Crippen LogP contribution in [-0.4, -0.2) is 58.5 Å². The Bertz CT molecular complexity index is 812. The lowest BCUT2D eigenvalue weighted by Crippen LogP contribution is -2.30. The van der Waals surface area contributed by atoms with Crippen LogP contribution in [0.2, 0.25) is 0 Å². The van der Waals surface area contributed by atoms with E-state index in [2.05, 4.69) is 32.1 Å². The van der Waals surface area contributed by atoms with Crippen molar-refractivity contribution in [3.8, 4) is 0 Å². The lowest BCUT2D eigenvalue weighted by atomic mass is 10.2. The van der Waals surface area contributed by atoms with Gasteiger partial charge in [0.05, 0.1) is 18.0 Å². The zero-order valence-corrected chi connectivity index (χ0v) is 14.2. The molecule has 0 radical (unpaired) electrons. The molecule has 3 heterocycles. The Balaban J connectivity index is 1.92. The number of thiol groups is 1. The van der Waals surface area contributed by atoms with E-state index >= 15 is 0 Å². The summed E-state index contributed by atoms with van der Waals surface area (Å²) in [5.41, 5.74) is 6.58. The van der Waals surface area contributed by atoms with Crippen molar-refractivity contribution in [2.24, 2.45) is 0 Å². The van der Waals surface area contributed by atoms with Gasteiger partial charge in [0.25, 0.3) is 0 Å². The molecule has 1 aliphatic heterocycles. The summed E-state index contributed by atoms with van der Waals surface area (Å²) < 4.78 is 22.5. The Morgan fingerprint density at radius 1 is 1.50 bits per heavy atom. The highest BCUT2D eigenvalue weighted by Gasteiger charge is 2.44. The van der Waals surface area contributed by atoms with E-state index in [0.29, 0.717) is 17.0 Å². The second-order valence-electron chi connectivity index (χ2n) is 5.29. The number of phosphoric ester groups is 1. The minimum absolute atomic E-state index is 0.206. The molecule has 0 saturated carbocycles. The molecule has 1 fully saturated rings. The van der Waals surface area contributed by atoms with Crippen LogP contribution in [-0.2, 0) is 13.8 Å². The predicted molar refractivity (Wildman–Crippen MR) is 85.2 cm³/mol. The fourth-order valence-electron chi connectivity index (χ4n) is 2.59. The summed E-state index contributed by atoms with van der Waals surface area (Å²) in [6.45, 7) is 1.22. The number of aliphatic hydroxyl groups is 1. The number of aromatic nitrogens is 4. The second kappa shape index (κ2) is 6.23. The number of ether oxygens (including phenoxy) is 1. The molecule has 2 aromatic rings. The van der Waals surface area contributed by atoms with Gasteiger partial charge in [0.1, 0.15) is 18.3 Å². The molecule has 24 heavy (non-hydrogen) atoms. The number of rotatable bonds is 4. The van der Waals surface area contributed by atoms with Gasteiger partial charge in [-0.2, -0.15) is 12.6 Å². The van der Waals surface area contributed by atoms with Gasteiger partial charge in [0, 0.05) is 0 Å². The smallest absolute Gasteiger partial charge is 0.389 e. The molecule has 132 valence electrons. The summed E-state index contributed by atoms with van der Waals surface area (Å²) in [7, 11) is -4.67. The lowest BCUT2D eigenvalue weighted by Gasteiger charge is -2.18. The van der Waals surface area contributed by atoms with Crippen LogP contribution in [0, 0.1) is 6.92 Å². The summed E-state index contributed by atoms with van der Waals surface area (Å²) in [6, 6.07) is 0. The zero-order chi connectivity index (χ0) is 17.6. The highest BCUT2D eigenvalue weighted by molar-refractivity contribution is 7.81. The van der Waals surface area contributed by atoms with Crippen LogP contribution >= 0.6 is 20.5 Å². The number of nitrogen functional groups attached to an aromatic ring is 1. The fourth-order valence-corrected chi connectivity index (χ4v) is 3.33. The van der Waals surface area contributed by atoms with Gasteiger partial charge in [0.2, 0.25) is 0 Å². The standard InChI is InChI=1S/C11H16N5O6PS/c1-4-15-6-9(12)13-3-14-10(6)16(4)11-8(24)7(17)5(22-11)2-21-23(18,19)20/h3,5,7-8,11,17,24H,2H2,1H3,(H2,12,13,14)(H2,18,19,20)/t5-,7-,8-,11-/m1/s1. The molecule has 13 heteroatoms. The molecule has 1 saturated heterocycles. The molecule has 0 amide bonds. The van der Waals surface area contributed by atoms with Gasteiger partial charge in [-0.3, -0.25) is 9.09 Å². The number of fused-ring (bicyclic) bond motifs is 1. The zero-order valence-electron chi connectivity index (χ0n) is 12.4. The molecular formula is C11H16N5O6PS. The van der Waals surface area contributed by atoms with E-state index in [0.717, 1.165) is 0 Å². The molecule has 0 bridgehead atoms. The summed E-state index contributed by atoms with van der Waals surface area (Å²) >= 11 is 4.34. The molecule has 5 N–H and O–H groups in total. The number of hydrogen-bond acceptors (Lipinski definition) is 9. The number of hydrogen-bond donors (Lipinski definition) is 5. The van der Waals surface area contributed by atoms with E-state index in [1.54, 1.807) is 11.5 Å². The van der Waals surface area contributed by atoms with Crippen molar-refractivity contribution in [2.45, 2.75) is 30.6 Å². The molecule has 11 nitrogen and oxygen atoms in total. The van der Waals surface area contributed by atoms with Crippen LogP contribution in [0.25, 0.3) is 11.2 Å². The first kappa shape index (κ1) is 17.5. The number of nitrogens with zero attached hydrogens (tertiary/aromatic N) is 4. The molecule has 0 unspecified atom stereocenters. The number of phosphoric acid groups is 1. The van der Waals surface area contributed by atoms with Crippen molar-refractivity contribution in [3.05, 3.63) is 12.2 Å². The van der Waals surface area contributed by atoms with E-state index in [1.165, 1.54) is 6.33 Å². The maximum absolute atomic E-state index is 10.8. The van der Waals surface area contributed by atoms with E-state index in [4.69, 9.17) is 20.3 Å². The van der Waals surface area contributed by atoms with E-state index in [-0.39, 0.29) is 5.82 Å². The average Bonchev–Trinajstić information content (AvgIpc) is 2.96. The Labute approximate surface area is 141 Å². The Kier molecular flexibility index (Phi) is 4.55. The number of aryl methyl sites for hydroxylation is 1. The molecule has 2 aromatic heterocycles. The largest absolute Gasteiger partial charge is 0.469 e. The van der Waals surface area contributed by atoms with Crippen molar-refractivity contribution < 1.29 is 28.7 Å². The molecule has 0 aromatic carbocycles. The highest BCUT2D eigenvalue weighted by Crippen LogP contribution is 2.40. The first-order valence-electron chi connectivity index (χ1n) is 6.85. The summed E-state index contributed by atoms with van der Waals surface area (Å²) in [6.07, 6.45) is -1.57. The quantitative estimate of drug-likeness (QED) is 0.342. The SMILES string of the molecule is Cc1nc2c(N)ncnc2n1[C@@H]1O[C@H](COP(=O)(O)O)[C@@H](O)[C@H]1S. The second-order valence-corrected chi connectivity index (χ2v) is 7.13. The average molecular weight is 377 g/mol. The van der Waals surface area contributed by atoms with Gasteiger partial charge in [-0.05, 0) is 6.92 Å². The van der Waals surface area contributed by atoms with Gasteiger partial charge >= 0.3 is 7.82 Å². The number of anilines is 1. The van der Waals surface area contributed by atoms with Crippen molar-refractivity contribution in [1.82, 2.24) is 19.5 Å². The predicted octanol–water partition coefficient (Wildman–Crippen LogP) is -0.617. The van der Waals surface area contributed by atoms with Crippen LogP contribution in [0.3, 0.4) is 0 Å². The third-order valence-electron chi connectivity index (χ3n) is 3.68. The van der Waals surface area contributed by atoms with Gasteiger partial charge in [-0.15, -0.1) is 0 Å². The Hall–Kier alpha value is -1.27. The van der Waals surface area contributed by atoms with Crippen molar-refractivity contribution >= 4 is 37.4 Å². The molecule has 0 aliphatic carbocycles. The first-order chi connectivity index (χ1) is 11.2. The van der Waals surface area contributed by atoms with E-state index in [9.17, 15) is 9.67 Å². The van der Waals surface area contributed by atoms with Crippen molar-refractivity contribution in [2.75, 3.05) is 12.3 Å². The monoisotopic (exact) mass is 377 g/mol. The van der Waals surface area contributed by atoms with E-state index < -0.39 is 38.1 Å². The third-order valence-corrected chi connectivity index (χ3v) is 4.73. The lowest BCUT2D eigenvalue weighted by molar-refractivity contribution is -0.0428. The molecular weight excluding hydrogens is 361 g/mol. The van der Waals surface area contributed by atoms with Crippen LogP contribution in [0.4, 0.5) is 5.82 Å². The van der Waals surface area contributed by atoms with Crippen LogP contribution in [0.1, 0.15) is 12.1 Å². The van der Waals surface area contributed by atoms with Crippen molar-refractivity contribution in [1.29, 1.82) is 0 Å². The number of imidazole rings is 1. The molecule has 3 rings (SSSR count). The third kappa shape index (κ3) is 3.14. The summed E-state index contributed by atoms with van der Waals surface area (Å²) in [5.74, 6) is 0.725. The van der Waals surface area contributed by atoms with Crippen LogP contribution < -0.4 is 5.73 Å².